The number of carbonyl (C=O) groups is 1. The van der Waals surface area contributed by atoms with Crippen LogP contribution >= 0.6 is 12.4 Å². The number of halogens is 1. The standard InChI is InChI=1S/C22H26N2O2.ClH/c1-2-16-8-6-7-11-20(16)26-21(17-9-4-3-5-10-17)22(25)24-14-18-12-23-13-19(18)15-24;/h3-11,18-19,21,23H,2,12-15H2,1H3;1H/t18-,19+,21?;. The van der Waals surface area contributed by atoms with Gasteiger partial charge in [0.15, 0.2) is 0 Å². The summed E-state index contributed by atoms with van der Waals surface area (Å²) in [7, 11) is 0. The lowest BCUT2D eigenvalue weighted by atomic mass is 10.0. The molecular weight excluding hydrogens is 360 g/mol. The minimum absolute atomic E-state index is 0. The summed E-state index contributed by atoms with van der Waals surface area (Å²) >= 11 is 0. The number of para-hydroxylation sites is 1. The molecule has 4 rings (SSSR count). The Labute approximate surface area is 167 Å². The zero-order chi connectivity index (χ0) is 17.9. The van der Waals surface area contributed by atoms with Crippen molar-refractivity contribution in [2.75, 3.05) is 26.2 Å². The number of amides is 1. The molecule has 0 aliphatic carbocycles. The van der Waals surface area contributed by atoms with Gasteiger partial charge in [0.05, 0.1) is 0 Å². The maximum Gasteiger partial charge on any atom is 0.268 e. The van der Waals surface area contributed by atoms with E-state index in [2.05, 4.69) is 18.3 Å². The van der Waals surface area contributed by atoms with Gasteiger partial charge < -0.3 is 15.0 Å². The van der Waals surface area contributed by atoms with E-state index in [1.54, 1.807) is 0 Å². The molecule has 2 aromatic rings. The highest BCUT2D eigenvalue weighted by molar-refractivity contribution is 5.85. The van der Waals surface area contributed by atoms with E-state index < -0.39 is 6.10 Å². The number of ether oxygens (including phenoxy) is 1. The number of nitrogens with zero attached hydrogens (tertiary/aromatic N) is 1. The SMILES string of the molecule is CCc1ccccc1OC(C(=O)N1C[C@H]2CNC[C@H]2C1)c1ccccc1.Cl. The largest absolute Gasteiger partial charge is 0.476 e. The minimum Gasteiger partial charge on any atom is -0.476 e. The Morgan fingerprint density at radius 3 is 2.37 bits per heavy atom. The molecule has 1 unspecified atom stereocenters. The van der Waals surface area contributed by atoms with Crippen LogP contribution in [0.25, 0.3) is 0 Å². The predicted molar refractivity (Wildman–Crippen MR) is 109 cm³/mol. The van der Waals surface area contributed by atoms with E-state index >= 15 is 0 Å². The van der Waals surface area contributed by atoms with Crippen LogP contribution in [0.4, 0.5) is 0 Å². The summed E-state index contributed by atoms with van der Waals surface area (Å²) in [6.45, 7) is 5.81. The van der Waals surface area contributed by atoms with Gasteiger partial charge in [-0.2, -0.15) is 0 Å². The van der Waals surface area contributed by atoms with Gasteiger partial charge in [-0.3, -0.25) is 4.79 Å². The van der Waals surface area contributed by atoms with Crippen LogP contribution in [0.1, 0.15) is 24.2 Å². The van der Waals surface area contributed by atoms with Gasteiger partial charge in [-0.25, -0.2) is 0 Å². The highest BCUT2D eigenvalue weighted by Crippen LogP contribution is 2.32. The molecule has 1 amide bonds. The first-order chi connectivity index (χ1) is 12.8. The number of hydrogen-bond acceptors (Lipinski definition) is 3. The quantitative estimate of drug-likeness (QED) is 0.855. The van der Waals surface area contributed by atoms with Gasteiger partial charge in [0, 0.05) is 31.7 Å². The van der Waals surface area contributed by atoms with Crippen molar-refractivity contribution in [2.45, 2.75) is 19.4 Å². The Balaban J connectivity index is 0.00000210. The average molecular weight is 387 g/mol. The smallest absolute Gasteiger partial charge is 0.268 e. The zero-order valence-corrected chi connectivity index (χ0v) is 16.5. The van der Waals surface area contributed by atoms with E-state index in [1.807, 2.05) is 53.4 Å². The number of rotatable bonds is 5. The van der Waals surface area contributed by atoms with Crippen LogP contribution < -0.4 is 10.1 Å². The fourth-order valence-electron chi connectivity index (χ4n) is 4.13. The lowest BCUT2D eigenvalue weighted by Gasteiger charge is -2.26. The Kier molecular flexibility index (Phi) is 6.40. The van der Waals surface area contributed by atoms with Crippen LogP contribution in [-0.2, 0) is 11.2 Å². The van der Waals surface area contributed by atoms with Gasteiger partial charge in [-0.1, -0.05) is 55.5 Å². The van der Waals surface area contributed by atoms with Crippen molar-refractivity contribution in [1.82, 2.24) is 10.2 Å². The molecule has 5 heteroatoms. The molecule has 0 spiro atoms. The third-order valence-corrected chi connectivity index (χ3v) is 5.63. The Hall–Kier alpha value is -2.04. The first kappa shape index (κ1) is 19.7. The molecule has 0 radical (unpaired) electrons. The summed E-state index contributed by atoms with van der Waals surface area (Å²) in [5.41, 5.74) is 2.04. The Bertz CT molecular complexity index is 756. The number of carbonyl (C=O) groups excluding carboxylic acids is 1. The second kappa shape index (κ2) is 8.77. The Morgan fingerprint density at radius 2 is 1.70 bits per heavy atom. The number of likely N-dealkylation sites (tertiary alicyclic amines) is 1. The second-order valence-electron chi connectivity index (χ2n) is 7.29. The molecule has 0 aromatic heterocycles. The fourth-order valence-corrected chi connectivity index (χ4v) is 4.13. The lowest BCUT2D eigenvalue weighted by Crippen LogP contribution is -2.37. The van der Waals surface area contributed by atoms with E-state index in [-0.39, 0.29) is 18.3 Å². The number of fused-ring (bicyclic) bond motifs is 1. The third-order valence-electron chi connectivity index (χ3n) is 5.63. The van der Waals surface area contributed by atoms with Crippen LogP contribution in [0.5, 0.6) is 5.75 Å². The molecule has 0 bridgehead atoms. The van der Waals surface area contributed by atoms with Crippen molar-refractivity contribution in [3.63, 3.8) is 0 Å². The van der Waals surface area contributed by atoms with Gasteiger partial charge >= 0.3 is 0 Å². The molecule has 144 valence electrons. The topological polar surface area (TPSA) is 41.6 Å². The Morgan fingerprint density at radius 1 is 1.07 bits per heavy atom. The molecule has 2 saturated heterocycles. The van der Waals surface area contributed by atoms with E-state index in [0.29, 0.717) is 11.8 Å². The molecule has 4 nitrogen and oxygen atoms in total. The van der Waals surface area contributed by atoms with Crippen LogP contribution in [0.3, 0.4) is 0 Å². The molecule has 2 aliphatic rings. The van der Waals surface area contributed by atoms with Crippen molar-refractivity contribution >= 4 is 18.3 Å². The summed E-state index contributed by atoms with van der Waals surface area (Å²) in [6.07, 6.45) is 0.293. The fraction of sp³-hybridized carbons (Fsp3) is 0.409. The van der Waals surface area contributed by atoms with Crippen LogP contribution in [0.2, 0.25) is 0 Å². The van der Waals surface area contributed by atoms with E-state index in [4.69, 9.17) is 4.74 Å². The molecule has 2 fully saturated rings. The van der Waals surface area contributed by atoms with Crippen molar-refractivity contribution in [2.24, 2.45) is 11.8 Å². The van der Waals surface area contributed by atoms with Gasteiger partial charge in [-0.15, -0.1) is 12.4 Å². The number of aryl methyl sites for hydroxylation is 1. The minimum atomic E-state index is -0.587. The van der Waals surface area contributed by atoms with Gasteiger partial charge in [0.25, 0.3) is 5.91 Å². The monoisotopic (exact) mass is 386 g/mol. The first-order valence-corrected chi connectivity index (χ1v) is 9.55. The first-order valence-electron chi connectivity index (χ1n) is 9.55. The number of nitrogens with one attached hydrogen (secondary N) is 1. The van der Waals surface area contributed by atoms with Gasteiger partial charge in [0.2, 0.25) is 6.10 Å². The summed E-state index contributed by atoms with van der Waals surface area (Å²) in [4.78, 5) is 15.4. The molecule has 1 N–H and O–H groups in total. The molecule has 27 heavy (non-hydrogen) atoms. The lowest BCUT2D eigenvalue weighted by molar-refractivity contribution is -0.138. The maximum atomic E-state index is 13.4. The molecule has 0 saturated carbocycles. The molecule has 2 aromatic carbocycles. The van der Waals surface area contributed by atoms with Crippen LogP contribution in [0, 0.1) is 11.8 Å². The summed E-state index contributed by atoms with van der Waals surface area (Å²) in [5, 5.41) is 3.43. The average Bonchev–Trinajstić information content (AvgIpc) is 3.29. The molecule has 2 aliphatic heterocycles. The maximum absolute atomic E-state index is 13.4. The van der Waals surface area contributed by atoms with Crippen molar-refractivity contribution in [1.29, 1.82) is 0 Å². The van der Waals surface area contributed by atoms with Gasteiger partial charge in [0.1, 0.15) is 5.75 Å². The molecular formula is C22H27ClN2O2. The van der Waals surface area contributed by atoms with Gasteiger partial charge in [-0.05, 0) is 29.9 Å². The highest BCUT2D eigenvalue weighted by Gasteiger charge is 2.40. The predicted octanol–water partition coefficient (Wildman–Crippen LogP) is 3.47. The second-order valence-corrected chi connectivity index (χ2v) is 7.29. The number of hydrogen-bond donors (Lipinski definition) is 1. The van der Waals surface area contributed by atoms with E-state index in [0.717, 1.165) is 49.5 Å². The molecule has 2 heterocycles. The summed E-state index contributed by atoms with van der Waals surface area (Å²) < 4.78 is 6.31. The normalized spacial score (nSPS) is 22.0. The summed E-state index contributed by atoms with van der Waals surface area (Å²) in [5.74, 6) is 2.05. The number of benzene rings is 2. The van der Waals surface area contributed by atoms with Crippen molar-refractivity contribution < 1.29 is 9.53 Å². The van der Waals surface area contributed by atoms with Crippen molar-refractivity contribution in [3.05, 3.63) is 65.7 Å². The van der Waals surface area contributed by atoms with Crippen LogP contribution in [0.15, 0.2) is 54.6 Å². The van der Waals surface area contributed by atoms with E-state index in [1.165, 1.54) is 0 Å². The molecule has 3 atom stereocenters. The highest BCUT2D eigenvalue weighted by atomic mass is 35.5. The van der Waals surface area contributed by atoms with Crippen molar-refractivity contribution in [3.8, 4) is 5.75 Å². The van der Waals surface area contributed by atoms with E-state index in [9.17, 15) is 4.79 Å². The third kappa shape index (κ3) is 4.12. The summed E-state index contributed by atoms with van der Waals surface area (Å²) in [6, 6.07) is 17.9. The van der Waals surface area contributed by atoms with Crippen LogP contribution in [-0.4, -0.2) is 37.0 Å². The zero-order valence-electron chi connectivity index (χ0n) is 15.6.